The number of benzene rings is 2. The average Bonchev–Trinajstić information content (AvgIpc) is 2.91. The Morgan fingerprint density at radius 2 is 1.56 bits per heavy atom. The third-order valence-electron chi connectivity index (χ3n) is 4.10. The largest absolute Gasteiger partial charge is 0.497 e. The van der Waals surface area contributed by atoms with Gasteiger partial charge in [-0.25, -0.2) is 4.90 Å². The fourth-order valence-electron chi connectivity index (χ4n) is 2.91. The molecule has 1 aliphatic heterocycles. The van der Waals surface area contributed by atoms with Crippen molar-refractivity contribution in [3.8, 4) is 11.5 Å². The fourth-order valence-corrected chi connectivity index (χ4v) is 3.89. The predicted molar refractivity (Wildman–Crippen MR) is 108 cm³/mol. The number of hydrogen-bond acceptors (Lipinski definition) is 5. The molecular weight excluding hydrogens is 362 g/mol. The van der Waals surface area contributed by atoms with Gasteiger partial charge in [0.2, 0.25) is 0 Å². The summed E-state index contributed by atoms with van der Waals surface area (Å²) in [4.78, 5) is 28.1. The summed E-state index contributed by atoms with van der Waals surface area (Å²) < 4.78 is 10.6. The smallest absolute Gasteiger partial charge is 0.272 e. The summed E-state index contributed by atoms with van der Waals surface area (Å²) in [6.45, 7) is 3.98. The monoisotopic (exact) mass is 383 g/mol. The molecule has 2 aromatic rings. The molecule has 2 aromatic carbocycles. The van der Waals surface area contributed by atoms with Crippen LogP contribution in [0.3, 0.4) is 0 Å². The molecule has 0 saturated heterocycles. The summed E-state index contributed by atoms with van der Waals surface area (Å²) in [5, 5.41) is 0.150. The van der Waals surface area contributed by atoms with Crippen LogP contribution in [0.25, 0.3) is 5.57 Å². The molecule has 0 aromatic heterocycles. The van der Waals surface area contributed by atoms with Crippen molar-refractivity contribution < 1.29 is 19.1 Å². The molecule has 0 bridgehead atoms. The minimum Gasteiger partial charge on any atom is -0.497 e. The second-order valence-corrected chi connectivity index (χ2v) is 7.80. The Labute approximate surface area is 163 Å². The van der Waals surface area contributed by atoms with Gasteiger partial charge in [-0.1, -0.05) is 32.0 Å². The van der Waals surface area contributed by atoms with E-state index in [0.29, 0.717) is 33.2 Å². The van der Waals surface area contributed by atoms with Gasteiger partial charge < -0.3 is 9.47 Å². The number of thioether (sulfide) groups is 1. The summed E-state index contributed by atoms with van der Waals surface area (Å²) >= 11 is 1.39. The number of carbonyl (C=O) groups is 2. The molecule has 3 rings (SSSR count). The maximum atomic E-state index is 13.3. The topological polar surface area (TPSA) is 55.8 Å². The van der Waals surface area contributed by atoms with Crippen LogP contribution in [0.2, 0.25) is 0 Å². The Balaban J connectivity index is 2.11. The van der Waals surface area contributed by atoms with E-state index in [1.165, 1.54) is 16.7 Å². The lowest BCUT2D eigenvalue weighted by molar-refractivity contribution is -0.119. The van der Waals surface area contributed by atoms with Crippen LogP contribution in [0.15, 0.2) is 53.4 Å². The van der Waals surface area contributed by atoms with Gasteiger partial charge in [0, 0.05) is 10.8 Å². The number of imide groups is 1. The molecular formula is C21H21NO4S. The first-order valence-corrected chi connectivity index (χ1v) is 9.43. The van der Waals surface area contributed by atoms with Gasteiger partial charge in [-0.3, -0.25) is 9.59 Å². The maximum Gasteiger partial charge on any atom is 0.272 e. The first kappa shape index (κ1) is 19.0. The first-order valence-electron chi connectivity index (χ1n) is 8.55. The Bertz CT molecular complexity index is 903. The van der Waals surface area contributed by atoms with E-state index in [2.05, 4.69) is 0 Å². The van der Waals surface area contributed by atoms with Crippen LogP contribution in [0.4, 0.5) is 5.69 Å². The van der Waals surface area contributed by atoms with Crippen LogP contribution in [0.5, 0.6) is 11.5 Å². The number of rotatable bonds is 6. The highest BCUT2D eigenvalue weighted by Gasteiger charge is 2.41. The minimum absolute atomic E-state index is 0.150. The van der Waals surface area contributed by atoms with Gasteiger partial charge in [-0.2, -0.15) is 0 Å². The van der Waals surface area contributed by atoms with Crippen molar-refractivity contribution in [3.05, 3.63) is 59.0 Å². The van der Waals surface area contributed by atoms with Crippen molar-refractivity contribution >= 4 is 34.8 Å². The van der Waals surface area contributed by atoms with E-state index >= 15 is 0 Å². The van der Waals surface area contributed by atoms with Crippen molar-refractivity contribution in [1.29, 1.82) is 0 Å². The molecule has 0 aliphatic carbocycles. The van der Waals surface area contributed by atoms with Crippen LogP contribution in [0.1, 0.15) is 19.4 Å². The summed E-state index contributed by atoms with van der Waals surface area (Å²) in [7, 11) is 3.12. The van der Waals surface area contributed by atoms with Gasteiger partial charge in [-0.15, -0.1) is 11.8 Å². The Morgan fingerprint density at radius 3 is 2.15 bits per heavy atom. The normalized spacial score (nSPS) is 14.3. The molecule has 0 atom stereocenters. The minimum atomic E-state index is -0.349. The average molecular weight is 383 g/mol. The molecule has 27 heavy (non-hydrogen) atoms. The highest BCUT2D eigenvalue weighted by molar-refractivity contribution is 8.04. The van der Waals surface area contributed by atoms with E-state index in [1.807, 2.05) is 26.0 Å². The lowest BCUT2D eigenvalue weighted by Crippen LogP contribution is -2.31. The molecule has 0 spiro atoms. The molecule has 0 fully saturated rings. The summed E-state index contributed by atoms with van der Waals surface area (Å²) in [6.07, 6.45) is 0. The van der Waals surface area contributed by atoms with Gasteiger partial charge in [0.05, 0.1) is 30.4 Å². The van der Waals surface area contributed by atoms with Gasteiger partial charge in [-0.05, 0) is 30.3 Å². The van der Waals surface area contributed by atoms with Gasteiger partial charge in [0.1, 0.15) is 11.5 Å². The molecule has 0 radical (unpaired) electrons. The summed E-state index contributed by atoms with van der Waals surface area (Å²) in [5.41, 5.74) is 1.52. The first-order chi connectivity index (χ1) is 13.0. The maximum absolute atomic E-state index is 13.3. The zero-order chi connectivity index (χ0) is 19.6. The Morgan fingerprint density at radius 1 is 0.889 bits per heavy atom. The van der Waals surface area contributed by atoms with Crippen LogP contribution in [-0.2, 0) is 9.59 Å². The fraction of sp³-hybridized carbons (Fsp3) is 0.238. The second kappa shape index (κ2) is 7.88. The second-order valence-electron chi connectivity index (χ2n) is 6.21. The number of hydrogen-bond donors (Lipinski definition) is 0. The molecule has 140 valence electrons. The van der Waals surface area contributed by atoms with E-state index in [4.69, 9.17) is 9.47 Å². The SMILES string of the molecule is COc1ccc(N2C(=O)C(SC(C)C)=C(c3ccccc3OC)C2=O)cc1. The number of nitrogens with zero attached hydrogens (tertiary/aromatic N) is 1. The van der Waals surface area contributed by atoms with Crippen molar-refractivity contribution in [1.82, 2.24) is 0 Å². The standard InChI is InChI=1S/C21H21NO4S/c1-13(2)27-19-18(16-7-5-6-8-17(16)26-4)20(23)22(21(19)24)14-9-11-15(25-3)12-10-14/h5-13H,1-4H3. The molecule has 5 nitrogen and oxygen atoms in total. The van der Waals surface area contributed by atoms with E-state index < -0.39 is 0 Å². The predicted octanol–water partition coefficient (Wildman–Crippen LogP) is 4.13. The lowest BCUT2D eigenvalue weighted by Gasteiger charge is -2.16. The summed E-state index contributed by atoms with van der Waals surface area (Å²) in [5.74, 6) is 0.558. The van der Waals surface area contributed by atoms with E-state index in [-0.39, 0.29) is 17.1 Å². The molecule has 2 amide bonds. The van der Waals surface area contributed by atoms with E-state index in [9.17, 15) is 9.59 Å². The molecule has 0 saturated carbocycles. The highest BCUT2D eigenvalue weighted by atomic mass is 32.2. The van der Waals surface area contributed by atoms with E-state index in [0.717, 1.165) is 0 Å². The van der Waals surface area contributed by atoms with Crippen LogP contribution in [0, 0.1) is 0 Å². The molecule has 1 aliphatic rings. The number of para-hydroxylation sites is 1. The third kappa shape index (κ3) is 3.57. The number of anilines is 1. The van der Waals surface area contributed by atoms with Gasteiger partial charge in [0.25, 0.3) is 11.8 Å². The number of methoxy groups -OCH3 is 2. The van der Waals surface area contributed by atoms with Crippen LogP contribution >= 0.6 is 11.8 Å². The van der Waals surface area contributed by atoms with Crippen molar-refractivity contribution in [2.24, 2.45) is 0 Å². The van der Waals surface area contributed by atoms with Crippen molar-refractivity contribution in [2.75, 3.05) is 19.1 Å². The highest BCUT2D eigenvalue weighted by Crippen LogP contribution is 2.42. The number of amides is 2. The van der Waals surface area contributed by atoms with Gasteiger partial charge in [0.15, 0.2) is 0 Å². The zero-order valence-electron chi connectivity index (χ0n) is 15.7. The van der Waals surface area contributed by atoms with Gasteiger partial charge >= 0.3 is 0 Å². The number of carbonyl (C=O) groups excluding carboxylic acids is 2. The lowest BCUT2D eigenvalue weighted by atomic mass is 10.0. The molecule has 6 heteroatoms. The van der Waals surface area contributed by atoms with Crippen molar-refractivity contribution in [3.63, 3.8) is 0 Å². The summed E-state index contributed by atoms with van der Waals surface area (Å²) in [6, 6.07) is 14.1. The van der Waals surface area contributed by atoms with Crippen molar-refractivity contribution in [2.45, 2.75) is 19.1 Å². The molecule has 0 unspecified atom stereocenters. The van der Waals surface area contributed by atoms with Crippen LogP contribution in [-0.4, -0.2) is 31.3 Å². The zero-order valence-corrected chi connectivity index (χ0v) is 16.5. The molecule has 0 N–H and O–H groups in total. The Kier molecular flexibility index (Phi) is 5.56. The quantitative estimate of drug-likeness (QED) is 0.702. The third-order valence-corrected chi connectivity index (χ3v) is 5.19. The Hall–Kier alpha value is -2.73. The van der Waals surface area contributed by atoms with E-state index in [1.54, 1.807) is 50.6 Å². The molecule has 1 heterocycles. The van der Waals surface area contributed by atoms with Crippen LogP contribution < -0.4 is 14.4 Å². The number of ether oxygens (including phenoxy) is 2.